The van der Waals surface area contributed by atoms with E-state index in [9.17, 15) is 14.6 Å². The second-order valence-corrected chi connectivity index (χ2v) is 4.68. The minimum atomic E-state index is -1.14. The first-order valence-electron chi connectivity index (χ1n) is 5.86. The second kappa shape index (κ2) is 4.92. The maximum Gasteiger partial charge on any atom is 0.124 e. The van der Waals surface area contributed by atoms with Gasteiger partial charge < -0.3 is 15.1 Å². The van der Waals surface area contributed by atoms with Crippen LogP contribution >= 0.6 is 0 Å². The van der Waals surface area contributed by atoms with E-state index in [0.717, 1.165) is 6.42 Å². The summed E-state index contributed by atoms with van der Waals surface area (Å²) in [6.45, 7) is 0.624. The van der Waals surface area contributed by atoms with Gasteiger partial charge >= 0.3 is 0 Å². The lowest BCUT2D eigenvalue weighted by Crippen LogP contribution is -2.50. The summed E-state index contributed by atoms with van der Waals surface area (Å²) in [6, 6.07) is 5.97. The number of rotatable bonds is 2. The zero-order chi connectivity index (χ0) is 13.2. The summed E-state index contributed by atoms with van der Waals surface area (Å²) in [5.41, 5.74) is -0.290. The van der Waals surface area contributed by atoms with Crippen molar-refractivity contribution in [2.75, 3.05) is 24.6 Å². The molecule has 4 nitrogen and oxygen atoms in total. The van der Waals surface area contributed by atoms with Crippen molar-refractivity contribution in [2.24, 2.45) is 0 Å². The van der Waals surface area contributed by atoms with Crippen LogP contribution in [0, 0.1) is 17.1 Å². The van der Waals surface area contributed by atoms with Crippen LogP contribution in [0.5, 0.6) is 0 Å². The highest BCUT2D eigenvalue weighted by Crippen LogP contribution is 2.28. The standard InChI is InChI=1S/C13H15FN2O2/c14-11-2-3-12(10(6-11)7-15)16-5-1-4-13(18,8-16)9-17/h2-3,6,17-18H,1,4-5,8-9H2. The maximum atomic E-state index is 13.1. The highest BCUT2D eigenvalue weighted by molar-refractivity contribution is 5.59. The molecule has 5 heteroatoms. The van der Waals surface area contributed by atoms with Gasteiger partial charge in [0.05, 0.1) is 17.9 Å². The van der Waals surface area contributed by atoms with Crippen LogP contribution in [0.15, 0.2) is 18.2 Å². The molecule has 1 saturated heterocycles. The quantitative estimate of drug-likeness (QED) is 0.822. The summed E-state index contributed by atoms with van der Waals surface area (Å²) in [6.07, 6.45) is 1.25. The van der Waals surface area contributed by atoms with Crippen LogP contribution in [0.25, 0.3) is 0 Å². The Kier molecular flexibility index (Phi) is 3.50. The van der Waals surface area contributed by atoms with E-state index in [1.54, 1.807) is 0 Å². The van der Waals surface area contributed by atoms with Crippen LogP contribution < -0.4 is 4.90 Å². The third kappa shape index (κ3) is 2.45. The first-order valence-corrected chi connectivity index (χ1v) is 5.86. The van der Waals surface area contributed by atoms with Crippen molar-refractivity contribution in [3.63, 3.8) is 0 Å². The van der Waals surface area contributed by atoms with Crippen LogP contribution in [0.2, 0.25) is 0 Å². The van der Waals surface area contributed by atoms with Gasteiger partial charge in [-0.05, 0) is 31.0 Å². The zero-order valence-electron chi connectivity index (χ0n) is 9.93. The molecule has 0 aromatic heterocycles. The molecule has 1 heterocycles. The van der Waals surface area contributed by atoms with Crippen molar-refractivity contribution >= 4 is 5.69 Å². The highest BCUT2D eigenvalue weighted by Gasteiger charge is 2.33. The lowest BCUT2D eigenvalue weighted by Gasteiger charge is -2.39. The van der Waals surface area contributed by atoms with Gasteiger partial charge in [0.25, 0.3) is 0 Å². The first-order chi connectivity index (χ1) is 8.58. The van der Waals surface area contributed by atoms with E-state index in [1.807, 2.05) is 11.0 Å². The zero-order valence-corrected chi connectivity index (χ0v) is 9.93. The summed E-state index contributed by atoms with van der Waals surface area (Å²) in [5, 5.41) is 28.3. The fourth-order valence-corrected chi connectivity index (χ4v) is 2.32. The van der Waals surface area contributed by atoms with Crippen LogP contribution in [0.3, 0.4) is 0 Å². The van der Waals surface area contributed by atoms with Gasteiger partial charge in [0.2, 0.25) is 0 Å². The van der Waals surface area contributed by atoms with Crippen LogP contribution in [0.1, 0.15) is 18.4 Å². The van der Waals surface area contributed by atoms with Gasteiger partial charge in [-0.1, -0.05) is 0 Å². The molecule has 1 fully saturated rings. The Morgan fingerprint density at radius 1 is 1.50 bits per heavy atom. The summed E-state index contributed by atoms with van der Waals surface area (Å²) in [7, 11) is 0. The van der Waals surface area contributed by atoms with E-state index >= 15 is 0 Å². The minimum Gasteiger partial charge on any atom is -0.393 e. The summed E-state index contributed by atoms with van der Waals surface area (Å²) < 4.78 is 13.1. The maximum absolute atomic E-state index is 13.1. The molecule has 2 N–H and O–H groups in total. The SMILES string of the molecule is N#Cc1cc(F)ccc1N1CCCC(O)(CO)C1. The van der Waals surface area contributed by atoms with Gasteiger partial charge in [-0.15, -0.1) is 0 Å². The van der Waals surface area contributed by atoms with Crippen LogP contribution in [-0.2, 0) is 0 Å². The van der Waals surface area contributed by atoms with Crippen molar-refractivity contribution in [3.8, 4) is 6.07 Å². The van der Waals surface area contributed by atoms with Crippen molar-refractivity contribution in [1.82, 2.24) is 0 Å². The Morgan fingerprint density at radius 2 is 2.28 bits per heavy atom. The van der Waals surface area contributed by atoms with E-state index in [0.29, 0.717) is 18.7 Å². The Hall–Kier alpha value is -1.64. The summed E-state index contributed by atoms with van der Waals surface area (Å²) >= 11 is 0. The Morgan fingerprint density at radius 3 is 2.94 bits per heavy atom. The first kappa shape index (κ1) is 12.8. The Balaban J connectivity index is 2.29. The molecular weight excluding hydrogens is 235 g/mol. The molecular formula is C13H15FN2O2. The molecule has 0 aliphatic carbocycles. The van der Waals surface area contributed by atoms with Gasteiger partial charge in [0.1, 0.15) is 17.5 Å². The van der Waals surface area contributed by atoms with Gasteiger partial charge in [0, 0.05) is 13.1 Å². The molecule has 0 amide bonds. The van der Waals surface area contributed by atoms with Gasteiger partial charge in [-0.2, -0.15) is 5.26 Å². The molecule has 1 unspecified atom stereocenters. The van der Waals surface area contributed by atoms with Crippen LogP contribution in [0.4, 0.5) is 10.1 Å². The number of benzene rings is 1. The lowest BCUT2D eigenvalue weighted by atomic mass is 9.93. The fourth-order valence-electron chi connectivity index (χ4n) is 2.32. The number of hydrogen-bond acceptors (Lipinski definition) is 4. The normalized spacial score (nSPS) is 23.8. The molecule has 1 atom stereocenters. The smallest absolute Gasteiger partial charge is 0.124 e. The van der Waals surface area contributed by atoms with Crippen molar-refractivity contribution < 1.29 is 14.6 Å². The number of nitrogens with zero attached hydrogens (tertiary/aromatic N) is 2. The number of halogens is 1. The molecule has 1 aliphatic heterocycles. The number of nitriles is 1. The Bertz CT molecular complexity index is 486. The average molecular weight is 250 g/mol. The number of β-amino-alcohol motifs (C(OH)–C–C–N with tert-alkyl or cyclic N) is 1. The van der Waals surface area contributed by atoms with Gasteiger partial charge in [-0.3, -0.25) is 0 Å². The van der Waals surface area contributed by atoms with E-state index in [1.165, 1.54) is 18.2 Å². The molecule has 2 rings (SSSR count). The summed E-state index contributed by atoms with van der Waals surface area (Å²) in [5.74, 6) is -0.454. The molecule has 0 saturated carbocycles. The molecule has 0 radical (unpaired) electrons. The van der Waals surface area contributed by atoms with E-state index in [4.69, 9.17) is 5.26 Å². The van der Waals surface area contributed by atoms with Gasteiger partial charge in [-0.25, -0.2) is 4.39 Å². The van der Waals surface area contributed by atoms with Crippen molar-refractivity contribution in [1.29, 1.82) is 5.26 Å². The van der Waals surface area contributed by atoms with Gasteiger partial charge in [0.15, 0.2) is 0 Å². The highest BCUT2D eigenvalue weighted by atomic mass is 19.1. The summed E-state index contributed by atoms with van der Waals surface area (Å²) in [4.78, 5) is 1.82. The number of anilines is 1. The van der Waals surface area contributed by atoms with Crippen molar-refractivity contribution in [3.05, 3.63) is 29.6 Å². The molecule has 96 valence electrons. The molecule has 0 spiro atoms. The predicted molar refractivity (Wildman–Crippen MR) is 64.6 cm³/mol. The average Bonchev–Trinajstić information content (AvgIpc) is 2.38. The number of aliphatic hydroxyl groups is 2. The second-order valence-electron chi connectivity index (χ2n) is 4.68. The largest absolute Gasteiger partial charge is 0.393 e. The third-order valence-electron chi connectivity index (χ3n) is 3.27. The predicted octanol–water partition coefficient (Wildman–Crippen LogP) is 1.02. The molecule has 18 heavy (non-hydrogen) atoms. The lowest BCUT2D eigenvalue weighted by molar-refractivity contribution is -0.0241. The Labute approximate surface area is 105 Å². The van der Waals surface area contributed by atoms with E-state index in [2.05, 4.69) is 0 Å². The van der Waals surface area contributed by atoms with Crippen molar-refractivity contribution in [2.45, 2.75) is 18.4 Å². The van der Waals surface area contributed by atoms with E-state index in [-0.39, 0.29) is 18.7 Å². The monoisotopic (exact) mass is 250 g/mol. The van der Waals surface area contributed by atoms with E-state index < -0.39 is 11.4 Å². The fraction of sp³-hybridized carbons (Fsp3) is 0.462. The molecule has 1 aromatic rings. The number of piperidine rings is 1. The third-order valence-corrected chi connectivity index (χ3v) is 3.27. The number of aliphatic hydroxyl groups excluding tert-OH is 1. The minimum absolute atomic E-state index is 0.247. The molecule has 1 aromatic carbocycles. The molecule has 1 aliphatic rings. The molecule has 0 bridgehead atoms. The van der Waals surface area contributed by atoms with Crippen LogP contribution in [-0.4, -0.2) is 35.5 Å². The topological polar surface area (TPSA) is 67.5 Å². The number of hydrogen-bond donors (Lipinski definition) is 2.